The van der Waals surface area contributed by atoms with Gasteiger partial charge in [-0.1, -0.05) is 6.92 Å². The van der Waals surface area contributed by atoms with E-state index < -0.39 is 94.3 Å². The molecule has 1 heterocycles. The summed E-state index contributed by atoms with van der Waals surface area (Å²) in [5, 5.41) is 37.4. The van der Waals surface area contributed by atoms with Crippen LogP contribution in [0, 0.1) is 34.5 Å². The van der Waals surface area contributed by atoms with Crippen molar-refractivity contribution >= 4 is 11.9 Å². The molecule has 5 aliphatic carbocycles. The summed E-state index contributed by atoms with van der Waals surface area (Å²) in [6.07, 6.45) is -5.64. The third-order valence-corrected chi connectivity index (χ3v) is 13.5. The number of esters is 2. The zero-order chi connectivity index (χ0) is 34.6. The largest absolute Gasteiger partial charge is 0.497 e. The number of aliphatic hydroxyl groups is 3. The number of carbonyl (C=O) groups is 2. The fourth-order valence-corrected chi connectivity index (χ4v) is 12.5. The van der Waals surface area contributed by atoms with Gasteiger partial charge in [0.2, 0.25) is 0 Å². The number of rotatable bonds is 10. The first-order chi connectivity index (χ1) is 22.9. The maximum Gasteiger partial charge on any atom is 0.338 e. The smallest absolute Gasteiger partial charge is 0.338 e. The molecular formula is C35H49NO12. The summed E-state index contributed by atoms with van der Waals surface area (Å²) in [6, 6.07) is 6.10. The van der Waals surface area contributed by atoms with Gasteiger partial charge in [0.1, 0.15) is 29.7 Å². The Morgan fingerprint density at radius 3 is 2.25 bits per heavy atom. The predicted molar refractivity (Wildman–Crippen MR) is 167 cm³/mol. The van der Waals surface area contributed by atoms with Gasteiger partial charge in [0.25, 0.3) is 0 Å². The number of carbonyl (C=O) groups excluding carboxylic acids is 2. The molecule has 6 aliphatic rings. The van der Waals surface area contributed by atoms with Crippen LogP contribution in [-0.2, 0) is 33.2 Å². The summed E-state index contributed by atoms with van der Waals surface area (Å²) in [5.41, 5.74) is -4.94. The Labute approximate surface area is 280 Å². The lowest BCUT2D eigenvalue weighted by molar-refractivity contribution is -0.322. The van der Waals surface area contributed by atoms with Gasteiger partial charge in [-0.25, -0.2) is 4.79 Å². The van der Waals surface area contributed by atoms with E-state index in [0.717, 1.165) is 0 Å². The number of fused-ring (bicyclic) bond motifs is 2. The molecule has 13 heteroatoms. The van der Waals surface area contributed by atoms with Crippen LogP contribution in [0.2, 0.25) is 0 Å². The highest BCUT2D eigenvalue weighted by Gasteiger charge is 2.92. The number of hydrogen-bond acceptors (Lipinski definition) is 13. The molecule has 1 aromatic rings. The SMILES string of the molecule is CCN1C[C@]2(COC)C(O)CC(OC)[C@@]34C5C[C@]6(O)C(OC)C(O)[C@@](OC(C)=O)(C5C6OC(=O)c5ccc(OC)cc5)C(C(OC)C23)C14. The van der Waals surface area contributed by atoms with Gasteiger partial charge in [0.15, 0.2) is 5.60 Å². The van der Waals surface area contributed by atoms with Gasteiger partial charge >= 0.3 is 11.9 Å². The lowest BCUT2D eigenvalue weighted by Crippen LogP contribution is -2.81. The van der Waals surface area contributed by atoms with E-state index in [9.17, 15) is 24.9 Å². The molecule has 7 rings (SSSR count). The van der Waals surface area contributed by atoms with Crippen molar-refractivity contribution in [1.82, 2.24) is 4.90 Å². The first-order valence-corrected chi connectivity index (χ1v) is 16.9. The minimum Gasteiger partial charge on any atom is -0.497 e. The molecule has 3 N–H and O–H groups in total. The first kappa shape index (κ1) is 34.1. The van der Waals surface area contributed by atoms with Gasteiger partial charge in [0, 0.05) is 83.0 Å². The highest BCUT2D eigenvalue weighted by molar-refractivity contribution is 5.89. The van der Waals surface area contributed by atoms with Crippen molar-refractivity contribution < 1.29 is 58.1 Å². The van der Waals surface area contributed by atoms with E-state index in [-0.39, 0.29) is 24.6 Å². The normalized spacial score (nSPS) is 48.2. The van der Waals surface area contributed by atoms with E-state index in [1.165, 1.54) is 21.1 Å². The van der Waals surface area contributed by atoms with Crippen LogP contribution < -0.4 is 4.74 Å². The average Bonchev–Trinajstić information content (AvgIpc) is 3.44. The fourth-order valence-electron chi connectivity index (χ4n) is 12.5. The van der Waals surface area contributed by atoms with E-state index in [0.29, 0.717) is 25.3 Å². The molecule has 13 nitrogen and oxygen atoms in total. The van der Waals surface area contributed by atoms with Crippen molar-refractivity contribution in [2.45, 2.75) is 80.6 Å². The van der Waals surface area contributed by atoms with Crippen LogP contribution in [0.1, 0.15) is 37.0 Å². The molecule has 1 aromatic carbocycles. The quantitative estimate of drug-likeness (QED) is 0.297. The zero-order valence-electron chi connectivity index (χ0n) is 28.7. The third kappa shape index (κ3) is 3.90. The molecule has 1 saturated heterocycles. The highest BCUT2D eigenvalue weighted by Crippen LogP contribution is 2.80. The minimum atomic E-state index is -1.86. The Morgan fingerprint density at radius 2 is 1.69 bits per heavy atom. The summed E-state index contributed by atoms with van der Waals surface area (Å²) in [5.74, 6) is -3.23. The molecular weight excluding hydrogens is 626 g/mol. The van der Waals surface area contributed by atoms with Gasteiger partial charge in [-0.3, -0.25) is 9.69 Å². The second-order valence-electron chi connectivity index (χ2n) is 14.8. The Kier molecular flexibility index (Phi) is 8.24. The second-order valence-corrected chi connectivity index (χ2v) is 14.8. The van der Waals surface area contributed by atoms with Crippen LogP contribution in [0.25, 0.3) is 0 Å². The standard InChI is InChI=1S/C35H49NO12/c1-8-36-15-32(16-42-3)21(38)13-22(44-5)34-20-14-33(41)29(47-31(40)18-9-11-19(43-4)12-10-18)23(20)35(48-17(2)37,28(39)30(33)46-7)24(27(34)36)25(45-6)26(32)34/h9-12,20-30,38-39,41H,8,13-16H2,1-7H3/t20?,21?,22?,23?,24?,25?,26?,27?,28?,29?,30?,32-,33+,34-,35+/m0/s1. The maximum absolute atomic E-state index is 13.9. The van der Waals surface area contributed by atoms with Crippen molar-refractivity contribution in [3.63, 3.8) is 0 Å². The number of nitrogens with zero attached hydrogens (tertiary/aromatic N) is 1. The Bertz CT molecular complexity index is 1430. The van der Waals surface area contributed by atoms with Gasteiger partial charge in [-0.15, -0.1) is 0 Å². The number of hydrogen-bond donors (Lipinski definition) is 3. The molecule has 0 aromatic heterocycles. The highest BCUT2D eigenvalue weighted by atomic mass is 16.6. The molecule has 5 saturated carbocycles. The van der Waals surface area contributed by atoms with Crippen LogP contribution in [0.3, 0.4) is 0 Å². The van der Waals surface area contributed by atoms with Crippen LogP contribution in [0.5, 0.6) is 5.75 Å². The van der Waals surface area contributed by atoms with Gasteiger partial charge in [-0.05, 0) is 43.1 Å². The topological polar surface area (TPSA) is 163 Å². The van der Waals surface area contributed by atoms with Crippen LogP contribution in [-0.4, -0.2) is 141 Å². The lowest BCUT2D eigenvalue weighted by atomic mass is 9.42. The van der Waals surface area contributed by atoms with Crippen molar-refractivity contribution in [2.75, 3.05) is 55.2 Å². The third-order valence-electron chi connectivity index (χ3n) is 13.5. The van der Waals surface area contributed by atoms with Gasteiger partial charge in [0.05, 0.1) is 37.6 Å². The molecule has 7 bridgehead atoms. The molecule has 1 aliphatic heterocycles. The Morgan fingerprint density at radius 1 is 0.979 bits per heavy atom. The van der Waals surface area contributed by atoms with Crippen molar-refractivity contribution in [2.24, 2.45) is 34.5 Å². The van der Waals surface area contributed by atoms with Gasteiger partial charge in [-0.2, -0.15) is 0 Å². The average molecular weight is 676 g/mol. The lowest BCUT2D eigenvalue weighted by Gasteiger charge is -2.70. The first-order valence-electron chi connectivity index (χ1n) is 16.9. The van der Waals surface area contributed by atoms with E-state index in [1.54, 1.807) is 45.6 Å². The van der Waals surface area contributed by atoms with E-state index in [4.69, 9.17) is 33.2 Å². The van der Waals surface area contributed by atoms with Gasteiger partial charge < -0.3 is 48.5 Å². The molecule has 6 fully saturated rings. The summed E-state index contributed by atoms with van der Waals surface area (Å²) >= 11 is 0. The predicted octanol–water partition coefficient (Wildman–Crippen LogP) is 0.657. The molecule has 1 spiro atoms. The Balaban J connectivity index is 1.50. The molecule has 266 valence electrons. The molecule has 48 heavy (non-hydrogen) atoms. The summed E-state index contributed by atoms with van der Waals surface area (Å²) in [7, 11) is 7.77. The number of piperidine rings is 1. The maximum atomic E-state index is 13.9. The van der Waals surface area contributed by atoms with E-state index in [1.807, 2.05) is 6.92 Å². The van der Waals surface area contributed by atoms with Crippen molar-refractivity contribution in [1.29, 1.82) is 0 Å². The molecule has 15 atom stereocenters. The van der Waals surface area contributed by atoms with Crippen LogP contribution >= 0.6 is 0 Å². The van der Waals surface area contributed by atoms with Crippen molar-refractivity contribution in [3.8, 4) is 5.75 Å². The monoisotopic (exact) mass is 675 g/mol. The summed E-state index contributed by atoms with van der Waals surface area (Å²) < 4.78 is 42.7. The molecule has 0 radical (unpaired) electrons. The second kappa shape index (κ2) is 11.6. The van der Waals surface area contributed by atoms with Crippen LogP contribution in [0.4, 0.5) is 0 Å². The number of benzene rings is 1. The number of methoxy groups -OCH3 is 5. The van der Waals surface area contributed by atoms with E-state index in [2.05, 4.69) is 4.90 Å². The Hall–Kier alpha value is -2.36. The summed E-state index contributed by atoms with van der Waals surface area (Å²) in [4.78, 5) is 29.5. The van der Waals surface area contributed by atoms with Crippen molar-refractivity contribution in [3.05, 3.63) is 29.8 Å². The van der Waals surface area contributed by atoms with Crippen LogP contribution in [0.15, 0.2) is 24.3 Å². The minimum absolute atomic E-state index is 0.0591. The summed E-state index contributed by atoms with van der Waals surface area (Å²) in [6.45, 7) is 4.64. The molecule has 11 unspecified atom stereocenters. The number of likely N-dealkylation sites (tertiary alicyclic amines) is 1. The number of aliphatic hydroxyl groups excluding tert-OH is 2. The zero-order valence-corrected chi connectivity index (χ0v) is 28.7. The van der Waals surface area contributed by atoms with E-state index >= 15 is 0 Å². The molecule has 0 amide bonds. The number of ether oxygens (including phenoxy) is 7. The fraction of sp³-hybridized carbons (Fsp3) is 0.771.